The second kappa shape index (κ2) is 4.27. The zero-order chi connectivity index (χ0) is 11.9. The van der Waals surface area contributed by atoms with Crippen LogP contribution in [0.3, 0.4) is 0 Å². The molecule has 0 aromatic rings. The van der Waals surface area contributed by atoms with Gasteiger partial charge in [-0.25, -0.2) is 0 Å². The maximum Gasteiger partial charge on any atom is 0.237 e. The summed E-state index contributed by atoms with van der Waals surface area (Å²) in [4.78, 5) is 14.2. The van der Waals surface area contributed by atoms with Crippen LogP contribution in [0, 0.1) is 11.3 Å². The monoisotopic (exact) mass is 236 g/mol. The van der Waals surface area contributed by atoms with Gasteiger partial charge in [-0.2, -0.15) is 0 Å². The van der Waals surface area contributed by atoms with Crippen molar-refractivity contribution in [3.63, 3.8) is 0 Å². The molecule has 1 saturated heterocycles. The van der Waals surface area contributed by atoms with Crippen molar-refractivity contribution in [2.24, 2.45) is 11.3 Å². The molecular formula is C14H24N2O. The number of amides is 1. The molecule has 0 aromatic carbocycles. The molecule has 0 spiro atoms. The van der Waals surface area contributed by atoms with Crippen LogP contribution in [0.15, 0.2) is 0 Å². The Labute approximate surface area is 104 Å². The van der Waals surface area contributed by atoms with E-state index in [1.807, 2.05) is 0 Å². The smallest absolute Gasteiger partial charge is 0.237 e. The first-order chi connectivity index (χ1) is 8.18. The molecule has 1 aliphatic heterocycles. The SMILES string of the molecule is CC1(CN2C(=O)CNC2C2CCCC2)CCC1. The van der Waals surface area contributed by atoms with Crippen LogP contribution in [0.1, 0.15) is 51.9 Å². The minimum atomic E-state index is 0.329. The number of nitrogens with zero attached hydrogens (tertiary/aromatic N) is 1. The van der Waals surface area contributed by atoms with Gasteiger partial charge in [-0.3, -0.25) is 10.1 Å². The normalized spacial score (nSPS) is 33.1. The van der Waals surface area contributed by atoms with E-state index in [1.165, 1.54) is 44.9 Å². The molecule has 1 atom stereocenters. The van der Waals surface area contributed by atoms with Gasteiger partial charge < -0.3 is 4.90 Å². The first kappa shape index (κ1) is 11.5. The Bertz CT molecular complexity index is 305. The quantitative estimate of drug-likeness (QED) is 0.814. The zero-order valence-electron chi connectivity index (χ0n) is 10.9. The highest BCUT2D eigenvalue weighted by Crippen LogP contribution is 2.42. The van der Waals surface area contributed by atoms with Gasteiger partial charge in [-0.15, -0.1) is 0 Å². The molecule has 2 aliphatic carbocycles. The summed E-state index contributed by atoms with van der Waals surface area (Å²) in [5.74, 6) is 1.04. The third-order valence-electron chi connectivity index (χ3n) is 5.08. The van der Waals surface area contributed by atoms with Crippen molar-refractivity contribution >= 4 is 5.91 Å². The van der Waals surface area contributed by atoms with Gasteiger partial charge >= 0.3 is 0 Å². The number of nitrogens with one attached hydrogen (secondary N) is 1. The molecule has 2 saturated carbocycles. The minimum absolute atomic E-state index is 0.329. The fourth-order valence-electron chi connectivity index (χ4n) is 3.79. The van der Waals surface area contributed by atoms with Crippen molar-refractivity contribution in [3.05, 3.63) is 0 Å². The maximum absolute atomic E-state index is 12.0. The highest BCUT2D eigenvalue weighted by molar-refractivity contribution is 5.80. The summed E-state index contributed by atoms with van der Waals surface area (Å²) in [6.07, 6.45) is 9.60. The van der Waals surface area contributed by atoms with Gasteiger partial charge in [0.05, 0.1) is 12.7 Å². The van der Waals surface area contributed by atoms with E-state index in [1.54, 1.807) is 0 Å². The summed E-state index contributed by atoms with van der Waals surface area (Å²) >= 11 is 0. The second-order valence-electron chi connectivity index (χ2n) is 6.56. The first-order valence-corrected chi connectivity index (χ1v) is 7.21. The lowest BCUT2D eigenvalue weighted by atomic mass is 9.70. The first-order valence-electron chi connectivity index (χ1n) is 7.21. The van der Waals surface area contributed by atoms with Crippen molar-refractivity contribution in [1.82, 2.24) is 10.2 Å². The Morgan fingerprint density at radius 1 is 1.29 bits per heavy atom. The van der Waals surface area contributed by atoms with Crippen LogP contribution in [0.2, 0.25) is 0 Å². The van der Waals surface area contributed by atoms with Gasteiger partial charge in [0.1, 0.15) is 0 Å². The van der Waals surface area contributed by atoms with E-state index in [9.17, 15) is 4.79 Å². The molecule has 3 rings (SSSR count). The summed E-state index contributed by atoms with van der Waals surface area (Å²) in [5, 5.41) is 3.45. The standard InChI is InChI=1S/C14H24N2O/c1-14(7-4-8-14)10-16-12(17)9-15-13(16)11-5-2-3-6-11/h11,13,15H,2-10H2,1H3. The van der Waals surface area contributed by atoms with Crippen LogP contribution in [-0.2, 0) is 4.79 Å². The molecule has 1 heterocycles. The molecule has 17 heavy (non-hydrogen) atoms. The van der Waals surface area contributed by atoms with Crippen LogP contribution >= 0.6 is 0 Å². The van der Waals surface area contributed by atoms with Gasteiger partial charge in [0.2, 0.25) is 5.91 Å². The Balaban J connectivity index is 1.68. The fraction of sp³-hybridized carbons (Fsp3) is 0.929. The van der Waals surface area contributed by atoms with Gasteiger partial charge in [0.25, 0.3) is 0 Å². The third-order valence-corrected chi connectivity index (χ3v) is 5.08. The van der Waals surface area contributed by atoms with E-state index < -0.39 is 0 Å². The van der Waals surface area contributed by atoms with Crippen LogP contribution in [0.4, 0.5) is 0 Å². The van der Waals surface area contributed by atoms with Gasteiger partial charge in [0, 0.05) is 6.54 Å². The Morgan fingerprint density at radius 2 is 2.00 bits per heavy atom. The topological polar surface area (TPSA) is 32.3 Å². The lowest BCUT2D eigenvalue weighted by molar-refractivity contribution is -0.131. The molecule has 3 nitrogen and oxygen atoms in total. The summed E-state index contributed by atoms with van der Waals surface area (Å²) in [6, 6.07) is 0. The van der Waals surface area contributed by atoms with Crippen LogP contribution in [-0.4, -0.2) is 30.1 Å². The van der Waals surface area contributed by atoms with E-state index in [0.29, 0.717) is 30.0 Å². The van der Waals surface area contributed by atoms with Crippen molar-refractivity contribution in [2.45, 2.75) is 58.0 Å². The second-order valence-corrected chi connectivity index (χ2v) is 6.56. The molecule has 96 valence electrons. The molecular weight excluding hydrogens is 212 g/mol. The Morgan fingerprint density at radius 3 is 2.59 bits per heavy atom. The predicted octanol–water partition coefficient (Wildman–Crippen LogP) is 2.12. The van der Waals surface area contributed by atoms with Crippen molar-refractivity contribution in [2.75, 3.05) is 13.1 Å². The molecule has 3 heteroatoms. The minimum Gasteiger partial charge on any atom is -0.325 e. The molecule has 3 fully saturated rings. The van der Waals surface area contributed by atoms with Crippen LogP contribution < -0.4 is 5.32 Å². The summed E-state index contributed by atoms with van der Waals surface area (Å²) in [5.41, 5.74) is 0.415. The number of hydrogen-bond acceptors (Lipinski definition) is 2. The number of hydrogen-bond donors (Lipinski definition) is 1. The fourth-order valence-corrected chi connectivity index (χ4v) is 3.79. The summed E-state index contributed by atoms with van der Waals surface area (Å²) in [6.45, 7) is 3.89. The average molecular weight is 236 g/mol. The highest BCUT2D eigenvalue weighted by Gasteiger charge is 2.42. The maximum atomic E-state index is 12.0. The summed E-state index contributed by atoms with van der Waals surface area (Å²) < 4.78 is 0. The van der Waals surface area contributed by atoms with E-state index in [0.717, 1.165) is 6.54 Å². The molecule has 1 N–H and O–H groups in total. The Hall–Kier alpha value is -0.570. The molecule has 0 radical (unpaired) electrons. The van der Waals surface area contributed by atoms with E-state index in [2.05, 4.69) is 17.1 Å². The molecule has 1 amide bonds. The van der Waals surface area contributed by atoms with Gasteiger partial charge in [-0.1, -0.05) is 26.2 Å². The predicted molar refractivity (Wildman–Crippen MR) is 67.4 cm³/mol. The van der Waals surface area contributed by atoms with Crippen LogP contribution in [0.25, 0.3) is 0 Å². The highest BCUT2D eigenvalue weighted by atomic mass is 16.2. The molecule has 1 unspecified atom stereocenters. The third kappa shape index (κ3) is 2.10. The zero-order valence-corrected chi connectivity index (χ0v) is 10.9. The average Bonchev–Trinajstić information content (AvgIpc) is 2.87. The Kier molecular flexibility index (Phi) is 2.89. The van der Waals surface area contributed by atoms with Crippen molar-refractivity contribution in [1.29, 1.82) is 0 Å². The van der Waals surface area contributed by atoms with E-state index in [-0.39, 0.29) is 0 Å². The van der Waals surface area contributed by atoms with Gasteiger partial charge in [0.15, 0.2) is 0 Å². The van der Waals surface area contributed by atoms with Crippen molar-refractivity contribution in [3.8, 4) is 0 Å². The lowest BCUT2D eigenvalue weighted by Gasteiger charge is -2.43. The number of carbonyl (C=O) groups excluding carboxylic acids is 1. The lowest BCUT2D eigenvalue weighted by Crippen LogP contribution is -2.48. The number of carbonyl (C=O) groups is 1. The van der Waals surface area contributed by atoms with E-state index >= 15 is 0 Å². The number of rotatable bonds is 3. The van der Waals surface area contributed by atoms with Crippen molar-refractivity contribution < 1.29 is 4.79 Å². The molecule has 3 aliphatic rings. The van der Waals surface area contributed by atoms with Crippen LogP contribution in [0.5, 0.6) is 0 Å². The largest absolute Gasteiger partial charge is 0.325 e. The molecule has 0 bridgehead atoms. The van der Waals surface area contributed by atoms with E-state index in [4.69, 9.17) is 0 Å². The van der Waals surface area contributed by atoms with Gasteiger partial charge in [-0.05, 0) is 37.0 Å². The molecule has 0 aromatic heterocycles. The summed E-state index contributed by atoms with van der Waals surface area (Å²) in [7, 11) is 0.